The summed E-state index contributed by atoms with van der Waals surface area (Å²) >= 11 is 0. The zero-order valence-corrected chi connectivity index (χ0v) is 16.6. The quantitative estimate of drug-likeness (QED) is 0.707. The van der Waals surface area contributed by atoms with E-state index in [-0.39, 0.29) is 12.5 Å². The van der Waals surface area contributed by atoms with Gasteiger partial charge in [-0.3, -0.25) is 9.59 Å². The highest BCUT2D eigenvalue weighted by Crippen LogP contribution is 2.32. The maximum atomic E-state index is 12.2. The van der Waals surface area contributed by atoms with E-state index in [9.17, 15) is 14.4 Å². The molecular formula is C23H26N2O4. The maximum Gasteiger partial charge on any atom is 0.338 e. The van der Waals surface area contributed by atoms with Crippen LogP contribution in [-0.4, -0.2) is 24.4 Å². The van der Waals surface area contributed by atoms with Crippen LogP contribution in [0.25, 0.3) is 0 Å². The number of anilines is 2. The van der Waals surface area contributed by atoms with E-state index in [4.69, 9.17) is 4.74 Å². The summed E-state index contributed by atoms with van der Waals surface area (Å²) in [6.45, 7) is 1.03. The van der Waals surface area contributed by atoms with Gasteiger partial charge in [0.1, 0.15) is 0 Å². The van der Waals surface area contributed by atoms with Crippen molar-refractivity contribution in [1.82, 2.24) is 0 Å². The van der Waals surface area contributed by atoms with Crippen LogP contribution in [0.4, 0.5) is 11.4 Å². The number of benzene rings is 2. The summed E-state index contributed by atoms with van der Waals surface area (Å²) in [6, 6.07) is 14.2. The largest absolute Gasteiger partial charge is 0.452 e. The fourth-order valence-electron chi connectivity index (χ4n) is 3.62. The molecule has 3 rings (SSSR count). The molecule has 152 valence electrons. The van der Waals surface area contributed by atoms with E-state index in [1.807, 2.05) is 12.1 Å². The minimum Gasteiger partial charge on any atom is -0.452 e. The van der Waals surface area contributed by atoms with Crippen LogP contribution >= 0.6 is 0 Å². The smallest absolute Gasteiger partial charge is 0.338 e. The number of carbonyl (C=O) groups is 3. The van der Waals surface area contributed by atoms with Crippen LogP contribution in [0.1, 0.15) is 60.9 Å². The van der Waals surface area contributed by atoms with Gasteiger partial charge in [0.25, 0.3) is 5.91 Å². The van der Waals surface area contributed by atoms with Gasteiger partial charge in [0, 0.05) is 18.3 Å². The third-order valence-corrected chi connectivity index (χ3v) is 5.02. The van der Waals surface area contributed by atoms with Crippen molar-refractivity contribution in [3.63, 3.8) is 0 Å². The Morgan fingerprint density at radius 3 is 2.24 bits per heavy atom. The van der Waals surface area contributed by atoms with Crippen molar-refractivity contribution in [2.45, 2.75) is 44.9 Å². The summed E-state index contributed by atoms with van der Waals surface area (Å²) < 4.78 is 5.12. The first-order valence-electron chi connectivity index (χ1n) is 9.96. The topological polar surface area (TPSA) is 84.5 Å². The number of amides is 2. The first-order chi connectivity index (χ1) is 14.0. The molecule has 2 aromatic rings. The van der Waals surface area contributed by atoms with Crippen LogP contribution in [0.15, 0.2) is 48.5 Å². The van der Waals surface area contributed by atoms with E-state index in [0.717, 1.165) is 0 Å². The van der Waals surface area contributed by atoms with Crippen molar-refractivity contribution in [2.75, 3.05) is 17.2 Å². The predicted molar refractivity (Wildman–Crippen MR) is 112 cm³/mol. The zero-order chi connectivity index (χ0) is 20.6. The van der Waals surface area contributed by atoms with Crippen molar-refractivity contribution in [2.24, 2.45) is 0 Å². The zero-order valence-electron chi connectivity index (χ0n) is 16.6. The summed E-state index contributed by atoms with van der Waals surface area (Å²) in [4.78, 5) is 35.4. The molecule has 29 heavy (non-hydrogen) atoms. The summed E-state index contributed by atoms with van der Waals surface area (Å²) in [5, 5.41) is 5.29. The average Bonchev–Trinajstić information content (AvgIpc) is 2.72. The standard InChI is InChI=1S/C23H26N2O4/c1-16(26)24-20-8-5-9-21(14-20)25-22(27)15-29-23(28)19-12-10-18(11-13-19)17-6-3-2-4-7-17/h5,8-14,17H,2-4,6-7,15H2,1H3,(H,24,26)(H,25,27). The van der Waals surface area contributed by atoms with Gasteiger partial charge < -0.3 is 15.4 Å². The number of esters is 1. The molecule has 6 heteroatoms. The van der Waals surface area contributed by atoms with Gasteiger partial charge in [-0.2, -0.15) is 0 Å². The minimum absolute atomic E-state index is 0.197. The van der Waals surface area contributed by atoms with Gasteiger partial charge in [0.05, 0.1) is 5.56 Å². The second-order valence-electron chi connectivity index (χ2n) is 7.34. The van der Waals surface area contributed by atoms with Crippen LogP contribution in [0.5, 0.6) is 0 Å². The molecule has 2 aromatic carbocycles. The molecule has 0 spiro atoms. The molecule has 0 aromatic heterocycles. The molecule has 0 aliphatic heterocycles. The lowest BCUT2D eigenvalue weighted by Gasteiger charge is -2.21. The molecule has 1 aliphatic rings. The molecule has 0 heterocycles. The molecule has 0 bridgehead atoms. The molecule has 6 nitrogen and oxygen atoms in total. The molecule has 1 saturated carbocycles. The number of nitrogens with one attached hydrogen (secondary N) is 2. The highest BCUT2D eigenvalue weighted by atomic mass is 16.5. The fourth-order valence-corrected chi connectivity index (χ4v) is 3.62. The van der Waals surface area contributed by atoms with Gasteiger partial charge in [-0.25, -0.2) is 4.79 Å². The molecule has 1 aliphatic carbocycles. The van der Waals surface area contributed by atoms with Crippen molar-refractivity contribution >= 4 is 29.2 Å². The molecule has 2 amide bonds. The lowest BCUT2D eigenvalue weighted by molar-refractivity contribution is -0.119. The Kier molecular flexibility index (Phi) is 7.00. The first kappa shape index (κ1) is 20.6. The first-order valence-corrected chi connectivity index (χ1v) is 9.96. The number of ether oxygens (including phenoxy) is 1. The van der Waals surface area contributed by atoms with E-state index in [2.05, 4.69) is 10.6 Å². The van der Waals surface area contributed by atoms with Crippen LogP contribution < -0.4 is 10.6 Å². The van der Waals surface area contributed by atoms with Gasteiger partial charge >= 0.3 is 5.97 Å². The SMILES string of the molecule is CC(=O)Nc1cccc(NC(=O)COC(=O)c2ccc(C3CCCCC3)cc2)c1. The molecule has 0 saturated heterocycles. The van der Waals surface area contributed by atoms with Crippen molar-refractivity contribution in [3.05, 3.63) is 59.7 Å². The Labute approximate surface area is 170 Å². The summed E-state index contributed by atoms with van der Waals surface area (Å²) in [7, 11) is 0. The highest BCUT2D eigenvalue weighted by molar-refractivity contribution is 5.96. The Balaban J connectivity index is 1.49. The van der Waals surface area contributed by atoms with E-state index in [1.165, 1.54) is 44.6 Å². The highest BCUT2D eigenvalue weighted by Gasteiger charge is 2.16. The number of hydrogen-bond acceptors (Lipinski definition) is 4. The lowest BCUT2D eigenvalue weighted by atomic mass is 9.84. The van der Waals surface area contributed by atoms with E-state index in [1.54, 1.807) is 36.4 Å². The van der Waals surface area contributed by atoms with Gasteiger partial charge in [-0.15, -0.1) is 0 Å². The predicted octanol–water partition coefficient (Wildman–Crippen LogP) is 4.49. The van der Waals surface area contributed by atoms with Crippen LogP contribution in [0, 0.1) is 0 Å². The van der Waals surface area contributed by atoms with Gasteiger partial charge in [-0.05, 0) is 54.7 Å². The maximum absolute atomic E-state index is 12.2. The third-order valence-electron chi connectivity index (χ3n) is 5.02. The molecule has 0 unspecified atom stereocenters. The number of rotatable bonds is 6. The number of hydrogen-bond donors (Lipinski definition) is 2. The van der Waals surface area contributed by atoms with Crippen LogP contribution in [-0.2, 0) is 14.3 Å². The molecule has 2 N–H and O–H groups in total. The van der Waals surface area contributed by atoms with Crippen LogP contribution in [0.2, 0.25) is 0 Å². The second-order valence-corrected chi connectivity index (χ2v) is 7.34. The summed E-state index contributed by atoms with van der Waals surface area (Å²) in [5.41, 5.74) is 2.78. The normalized spacial score (nSPS) is 14.1. The number of carbonyl (C=O) groups excluding carboxylic acids is 3. The Hall–Kier alpha value is -3.15. The van der Waals surface area contributed by atoms with Crippen molar-refractivity contribution in [1.29, 1.82) is 0 Å². The Morgan fingerprint density at radius 2 is 1.59 bits per heavy atom. The van der Waals surface area contributed by atoms with Crippen LogP contribution in [0.3, 0.4) is 0 Å². The fraction of sp³-hybridized carbons (Fsp3) is 0.348. The monoisotopic (exact) mass is 394 g/mol. The molecular weight excluding hydrogens is 368 g/mol. The molecule has 0 atom stereocenters. The second kappa shape index (κ2) is 9.87. The Bertz CT molecular complexity index is 871. The van der Waals surface area contributed by atoms with E-state index >= 15 is 0 Å². The summed E-state index contributed by atoms with van der Waals surface area (Å²) in [6.07, 6.45) is 6.23. The molecule has 0 radical (unpaired) electrons. The lowest BCUT2D eigenvalue weighted by Crippen LogP contribution is -2.21. The Morgan fingerprint density at radius 1 is 0.931 bits per heavy atom. The van der Waals surface area contributed by atoms with Crippen molar-refractivity contribution < 1.29 is 19.1 Å². The minimum atomic E-state index is -0.526. The summed E-state index contributed by atoms with van der Waals surface area (Å²) in [5.74, 6) is -0.593. The molecule has 1 fully saturated rings. The van der Waals surface area contributed by atoms with Gasteiger partial charge in [0.2, 0.25) is 5.91 Å². The van der Waals surface area contributed by atoms with E-state index < -0.39 is 11.9 Å². The van der Waals surface area contributed by atoms with E-state index in [0.29, 0.717) is 22.9 Å². The van der Waals surface area contributed by atoms with Gasteiger partial charge in [0.15, 0.2) is 6.61 Å². The van der Waals surface area contributed by atoms with Crippen molar-refractivity contribution in [3.8, 4) is 0 Å². The van der Waals surface area contributed by atoms with Gasteiger partial charge in [-0.1, -0.05) is 37.5 Å². The third kappa shape index (κ3) is 6.17. The average molecular weight is 394 g/mol.